The number of carbonyl (C=O) groups excluding carboxylic acids is 1. The predicted molar refractivity (Wildman–Crippen MR) is 123 cm³/mol. The zero-order valence-electron chi connectivity index (χ0n) is 19.4. The maximum Gasteiger partial charge on any atom is 0.416 e. The number of ether oxygens (including phenoxy) is 2. The first-order valence-corrected chi connectivity index (χ1v) is 11.8. The number of benzene rings is 2. The first kappa shape index (κ1) is 23.0. The summed E-state index contributed by atoms with van der Waals surface area (Å²) < 4.78 is 66.2. The summed E-state index contributed by atoms with van der Waals surface area (Å²) >= 11 is 0. The van der Waals surface area contributed by atoms with Gasteiger partial charge in [0.15, 0.2) is 0 Å². The summed E-state index contributed by atoms with van der Waals surface area (Å²) in [7, 11) is 0. The number of anilines is 1. The van der Waals surface area contributed by atoms with Crippen molar-refractivity contribution in [1.82, 2.24) is 9.88 Å². The van der Waals surface area contributed by atoms with Crippen LogP contribution in [0, 0.1) is 5.82 Å². The lowest BCUT2D eigenvalue weighted by Gasteiger charge is -2.41. The van der Waals surface area contributed by atoms with Crippen LogP contribution in [0.1, 0.15) is 70.9 Å². The molecule has 2 aromatic carbocycles. The van der Waals surface area contributed by atoms with Crippen LogP contribution in [0.15, 0.2) is 30.3 Å². The molecule has 1 aliphatic carbocycles. The smallest absolute Gasteiger partial charge is 0.416 e. The predicted octanol–water partition coefficient (Wildman–Crippen LogP) is 5.69. The highest BCUT2D eigenvalue weighted by atomic mass is 19.4. The van der Waals surface area contributed by atoms with Crippen molar-refractivity contribution in [2.45, 2.75) is 57.2 Å². The minimum absolute atomic E-state index is 0.00687. The molecular weight excluding hydrogens is 478 g/mol. The van der Waals surface area contributed by atoms with E-state index in [1.54, 1.807) is 4.90 Å². The van der Waals surface area contributed by atoms with E-state index in [2.05, 4.69) is 4.98 Å². The number of alkyl halides is 3. The summed E-state index contributed by atoms with van der Waals surface area (Å²) in [5.41, 5.74) is 7.48. The fraction of sp³-hybridized carbons (Fsp3) is 0.385. The Morgan fingerprint density at radius 3 is 2.67 bits per heavy atom. The maximum atomic E-state index is 15.3. The van der Waals surface area contributed by atoms with Gasteiger partial charge < -0.3 is 20.1 Å². The van der Waals surface area contributed by atoms with Crippen LogP contribution in [0.4, 0.5) is 23.4 Å². The quantitative estimate of drug-likeness (QED) is 0.467. The summed E-state index contributed by atoms with van der Waals surface area (Å²) in [6, 6.07) is 5.22. The molecule has 10 heteroatoms. The number of hydrogen-bond acceptors (Lipinski definition) is 5. The molecule has 3 aromatic rings. The lowest BCUT2D eigenvalue weighted by Crippen LogP contribution is -2.47. The first-order chi connectivity index (χ1) is 17.1. The van der Waals surface area contributed by atoms with E-state index >= 15 is 4.39 Å². The zero-order chi connectivity index (χ0) is 25.4. The van der Waals surface area contributed by atoms with Gasteiger partial charge in [0.1, 0.15) is 24.0 Å². The molecule has 36 heavy (non-hydrogen) atoms. The molecule has 2 aliphatic heterocycles. The third kappa shape index (κ3) is 3.49. The number of pyridine rings is 1. The van der Waals surface area contributed by atoms with Crippen molar-refractivity contribution in [3.05, 3.63) is 64.0 Å². The second-order valence-electron chi connectivity index (χ2n) is 9.57. The molecule has 1 saturated carbocycles. The molecule has 0 bridgehead atoms. The first-order valence-electron chi connectivity index (χ1n) is 11.8. The Hall–Kier alpha value is -3.40. The fourth-order valence-electron chi connectivity index (χ4n) is 5.42. The number of carbonyl (C=O) groups is 1. The Kier molecular flexibility index (Phi) is 5.15. The molecule has 0 radical (unpaired) electrons. The van der Waals surface area contributed by atoms with Crippen molar-refractivity contribution in [3.63, 3.8) is 0 Å². The Morgan fingerprint density at radius 2 is 1.97 bits per heavy atom. The summed E-state index contributed by atoms with van der Waals surface area (Å²) in [6.45, 7) is 2.13. The maximum absolute atomic E-state index is 15.3. The van der Waals surface area contributed by atoms with Gasteiger partial charge in [-0.15, -0.1) is 0 Å². The summed E-state index contributed by atoms with van der Waals surface area (Å²) in [5, 5.41) is 0.597. The van der Waals surface area contributed by atoms with Gasteiger partial charge in [-0.1, -0.05) is 6.07 Å². The lowest BCUT2D eigenvalue weighted by atomic mass is 9.88. The Bertz CT molecular complexity index is 1400. The molecule has 188 valence electrons. The average Bonchev–Trinajstić information content (AvgIpc) is 3.38. The minimum Gasteiger partial charge on any atom is -0.491 e. The minimum atomic E-state index is -4.51. The number of amides is 1. The van der Waals surface area contributed by atoms with Crippen LogP contribution in [0.3, 0.4) is 0 Å². The van der Waals surface area contributed by atoms with Gasteiger partial charge in [-0.2, -0.15) is 13.2 Å². The van der Waals surface area contributed by atoms with E-state index < -0.39 is 29.5 Å². The van der Waals surface area contributed by atoms with Crippen LogP contribution in [-0.2, 0) is 17.5 Å². The summed E-state index contributed by atoms with van der Waals surface area (Å²) in [6.07, 6.45) is -2.40. The topological polar surface area (TPSA) is 77.7 Å². The second kappa shape index (κ2) is 8.06. The molecule has 1 aromatic heterocycles. The van der Waals surface area contributed by atoms with Gasteiger partial charge in [-0.25, -0.2) is 9.37 Å². The molecule has 0 spiro atoms. The molecule has 3 aliphatic rings. The molecule has 1 amide bonds. The van der Waals surface area contributed by atoms with Crippen LogP contribution in [0.5, 0.6) is 5.75 Å². The molecule has 6 nitrogen and oxygen atoms in total. The molecule has 2 N–H and O–H groups in total. The van der Waals surface area contributed by atoms with E-state index in [0.29, 0.717) is 16.5 Å². The molecule has 0 unspecified atom stereocenters. The van der Waals surface area contributed by atoms with Gasteiger partial charge >= 0.3 is 6.18 Å². The standard InChI is InChI=1S/C26H23F4N3O3/c1-12-23-18(10-35-12)16-8-17(19(27)9-20(16)32-24(23)31)25(34)33(14-3-2-4-14)21-11-36-22-7-13(26(28,29)30)5-6-15(21)22/h5-9,12,14,21H,2-4,10-11H2,1H3,(H2,31,32)/t12-,21+/m1/s1. The van der Waals surface area contributed by atoms with E-state index in [1.807, 2.05) is 6.92 Å². The van der Waals surface area contributed by atoms with Crippen LogP contribution < -0.4 is 10.5 Å². The summed E-state index contributed by atoms with van der Waals surface area (Å²) in [4.78, 5) is 19.8. The van der Waals surface area contributed by atoms with Crippen molar-refractivity contribution < 1.29 is 31.8 Å². The Labute approximate surface area is 204 Å². The van der Waals surface area contributed by atoms with Crippen molar-refractivity contribution in [2.75, 3.05) is 12.3 Å². The van der Waals surface area contributed by atoms with Crippen LogP contribution in [0.2, 0.25) is 0 Å². The number of fused-ring (bicyclic) bond motifs is 4. The van der Waals surface area contributed by atoms with E-state index in [0.717, 1.165) is 42.5 Å². The number of nitrogen functional groups attached to an aromatic ring is 1. The third-order valence-corrected chi connectivity index (χ3v) is 7.50. The molecule has 0 saturated heterocycles. The molecular formula is C26H23F4N3O3. The highest BCUT2D eigenvalue weighted by Crippen LogP contribution is 2.44. The van der Waals surface area contributed by atoms with Gasteiger partial charge in [0.25, 0.3) is 5.91 Å². The molecule has 3 heterocycles. The zero-order valence-corrected chi connectivity index (χ0v) is 19.4. The Balaban J connectivity index is 1.42. The fourth-order valence-corrected chi connectivity index (χ4v) is 5.42. The van der Waals surface area contributed by atoms with Crippen LogP contribution >= 0.6 is 0 Å². The highest BCUT2D eigenvalue weighted by molar-refractivity contribution is 6.00. The van der Waals surface area contributed by atoms with Crippen LogP contribution in [0.25, 0.3) is 10.9 Å². The van der Waals surface area contributed by atoms with E-state index in [4.69, 9.17) is 15.2 Å². The monoisotopic (exact) mass is 501 g/mol. The number of nitrogens with two attached hydrogens (primary N) is 1. The average molecular weight is 501 g/mol. The van der Waals surface area contributed by atoms with Crippen molar-refractivity contribution in [3.8, 4) is 5.75 Å². The third-order valence-electron chi connectivity index (χ3n) is 7.50. The number of rotatable bonds is 3. The van der Waals surface area contributed by atoms with Gasteiger partial charge in [-0.3, -0.25) is 4.79 Å². The normalized spacial score (nSPS) is 21.1. The van der Waals surface area contributed by atoms with Crippen LogP contribution in [-0.4, -0.2) is 28.4 Å². The lowest BCUT2D eigenvalue weighted by molar-refractivity contribution is -0.137. The number of halogens is 4. The molecule has 2 atom stereocenters. The van der Waals surface area contributed by atoms with Gasteiger partial charge in [0.2, 0.25) is 0 Å². The van der Waals surface area contributed by atoms with Crippen molar-refractivity contribution in [2.24, 2.45) is 0 Å². The summed E-state index contributed by atoms with van der Waals surface area (Å²) in [5.74, 6) is -0.898. The number of aromatic nitrogens is 1. The second-order valence-corrected chi connectivity index (χ2v) is 9.57. The van der Waals surface area contributed by atoms with Gasteiger partial charge in [0.05, 0.1) is 35.4 Å². The Morgan fingerprint density at radius 1 is 1.19 bits per heavy atom. The SMILES string of the molecule is C[C@H]1OCc2c1c(N)nc1cc(F)c(C(=O)N(C3CCC3)[C@H]3COc4cc(C(F)(F)F)ccc43)cc21. The largest absolute Gasteiger partial charge is 0.491 e. The van der Waals surface area contributed by atoms with E-state index in [1.165, 1.54) is 18.2 Å². The van der Waals surface area contributed by atoms with E-state index in [9.17, 15) is 18.0 Å². The van der Waals surface area contributed by atoms with Gasteiger partial charge in [-0.05, 0) is 49.9 Å². The number of nitrogens with zero attached hydrogens (tertiary/aromatic N) is 2. The van der Waals surface area contributed by atoms with Crippen molar-refractivity contribution in [1.29, 1.82) is 0 Å². The van der Waals surface area contributed by atoms with Gasteiger partial charge in [0, 0.05) is 28.6 Å². The molecule has 1 fully saturated rings. The van der Waals surface area contributed by atoms with E-state index in [-0.39, 0.29) is 42.5 Å². The highest BCUT2D eigenvalue weighted by Gasteiger charge is 2.42. The van der Waals surface area contributed by atoms with Crippen molar-refractivity contribution >= 4 is 22.6 Å². The molecule has 6 rings (SSSR count). The number of hydrogen-bond donors (Lipinski definition) is 1.